The van der Waals surface area contributed by atoms with Gasteiger partial charge in [0.2, 0.25) is 5.82 Å². The van der Waals surface area contributed by atoms with Crippen molar-refractivity contribution < 1.29 is 14.6 Å². The summed E-state index contributed by atoms with van der Waals surface area (Å²) in [6.07, 6.45) is 1.37. The van der Waals surface area contributed by atoms with Crippen molar-refractivity contribution in [3.05, 3.63) is 77.1 Å². The molecule has 8 heteroatoms. The van der Waals surface area contributed by atoms with Gasteiger partial charge in [-0.1, -0.05) is 55.8 Å². The third-order valence-corrected chi connectivity index (χ3v) is 5.04. The molecule has 4 rings (SSSR count). The smallest absolute Gasteiger partial charge is 0.341 e. The van der Waals surface area contributed by atoms with Gasteiger partial charge in [-0.15, -0.1) is 10.2 Å². The number of benzene rings is 2. The van der Waals surface area contributed by atoms with Gasteiger partial charge in [-0.3, -0.25) is 4.98 Å². The average Bonchev–Trinajstić information content (AvgIpc) is 3.33. The number of aryl methyl sites for hydroxylation is 2. The molecule has 0 amide bonds. The molecule has 0 aliphatic carbocycles. The number of H-pyrrole nitrogens is 1. The van der Waals surface area contributed by atoms with Crippen LogP contribution in [0, 0.1) is 6.92 Å². The highest BCUT2D eigenvalue weighted by Gasteiger charge is 2.19. The second kappa shape index (κ2) is 9.38. The molecule has 2 N–H and O–H groups in total. The highest BCUT2D eigenvalue weighted by molar-refractivity contribution is 5.92. The summed E-state index contributed by atoms with van der Waals surface area (Å²) in [4.78, 5) is 16.3. The maximum atomic E-state index is 11.9. The van der Waals surface area contributed by atoms with Crippen LogP contribution in [0.1, 0.15) is 40.7 Å². The van der Waals surface area contributed by atoms with E-state index in [4.69, 9.17) is 4.74 Å². The molecule has 0 atom stereocenters. The fourth-order valence-electron chi connectivity index (χ4n) is 3.64. The Labute approximate surface area is 185 Å². The van der Waals surface area contributed by atoms with Crippen LogP contribution in [0.4, 0.5) is 0 Å². The number of nitrogens with zero attached hydrogens (tertiary/aromatic N) is 4. The Balaban J connectivity index is 1.68. The standard InChI is InChI=1S/C24H23N5O3/c1-3-7-20-22(24(30)31)21(12-15(2)25-20)32-14-16-10-11-18(17-8-5-4-6-9-17)19(13-16)23-26-28-29-27-23/h4-6,8-13H,3,7,14H2,1-2H3,(H,30,31)(H,26,27,28,29). The Bertz CT molecular complexity index is 1220. The minimum absolute atomic E-state index is 0.122. The quantitative estimate of drug-likeness (QED) is 0.425. The van der Waals surface area contributed by atoms with Crippen molar-refractivity contribution >= 4 is 5.97 Å². The average molecular weight is 429 g/mol. The molecule has 0 bridgehead atoms. The van der Waals surface area contributed by atoms with Gasteiger partial charge in [0.05, 0.1) is 5.69 Å². The topological polar surface area (TPSA) is 114 Å². The number of aromatic nitrogens is 5. The van der Waals surface area contributed by atoms with Crippen molar-refractivity contribution in [2.45, 2.75) is 33.3 Å². The van der Waals surface area contributed by atoms with Gasteiger partial charge in [-0.2, -0.15) is 5.21 Å². The molecule has 0 saturated carbocycles. The fraction of sp³-hybridized carbons (Fsp3) is 0.208. The molecule has 0 aliphatic heterocycles. The second-order valence-corrected chi connectivity index (χ2v) is 7.41. The lowest BCUT2D eigenvalue weighted by atomic mass is 9.97. The van der Waals surface area contributed by atoms with Crippen LogP contribution in [0.5, 0.6) is 5.75 Å². The molecule has 0 aliphatic rings. The number of pyridine rings is 1. The zero-order valence-electron chi connectivity index (χ0n) is 17.9. The Kier molecular flexibility index (Phi) is 6.21. The van der Waals surface area contributed by atoms with Crippen LogP contribution in [0.2, 0.25) is 0 Å². The molecule has 2 aromatic heterocycles. The molecule has 162 valence electrons. The molecular formula is C24H23N5O3. The summed E-state index contributed by atoms with van der Waals surface area (Å²) in [5.74, 6) is -0.244. The van der Waals surface area contributed by atoms with Crippen molar-refractivity contribution in [2.24, 2.45) is 0 Å². The van der Waals surface area contributed by atoms with Crippen LogP contribution in [-0.4, -0.2) is 36.7 Å². The van der Waals surface area contributed by atoms with Gasteiger partial charge in [-0.05, 0) is 41.3 Å². The number of nitrogens with one attached hydrogen (secondary N) is 1. The Morgan fingerprint density at radius 1 is 1.09 bits per heavy atom. The van der Waals surface area contributed by atoms with E-state index in [-0.39, 0.29) is 12.2 Å². The first-order valence-electron chi connectivity index (χ1n) is 10.4. The lowest BCUT2D eigenvalue weighted by Gasteiger charge is -2.14. The van der Waals surface area contributed by atoms with Crippen LogP contribution < -0.4 is 4.74 Å². The van der Waals surface area contributed by atoms with Crippen LogP contribution in [0.3, 0.4) is 0 Å². The third kappa shape index (κ3) is 4.49. The zero-order chi connectivity index (χ0) is 22.5. The van der Waals surface area contributed by atoms with Gasteiger partial charge in [0.1, 0.15) is 17.9 Å². The first kappa shape index (κ1) is 21.2. The number of carboxylic acids is 1. The molecule has 0 radical (unpaired) electrons. The summed E-state index contributed by atoms with van der Waals surface area (Å²) in [7, 11) is 0. The van der Waals surface area contributed by atoms with E-state index in [1.807, 2.05) is 62.4 Å². The SMILES string of the molecule is CCCc1nc(C)cc(OCc2ccc(-c3ccccc3)c(-c3nn[nH]n3)c2)c1C(=O)O. The van der Waals surface area contributed by atoms with Crippen LogP contribution in [0.15, 0.2) is 54.6 Å². The van der Waals surface area contributed by atoms with E-state index >= 15 is 0 Å². The van der Waals surface area contributed by atoms with Crippen molar-refractivity contribution in [3.8, 4) is 28.3 Å². The van der Waals surface area contributed by atoms with Crippen LogP contribution in [-0.2, 0) is 13.0 Å². The van der Waals surface area contributed by atoms with Crippen molar-refractivity contribution in [2.75, 3.05) is 0 Å². The number of rotatable bonds is 8. The summed E-state index contributed by atoms with van der Waals surface area (Å²) < 4.78 is 5.99. The number of carboxylic acid groups (broad SMARTS) is 1. The van der Waals surface area contributed by atoms with Crippen molar-refractivity contribution in [1.82, 2.24) is 25.6 Å². The molecule has 2 aromatic carbocycles. The van der Waals surface area contributed by atoms with Gasteiger partial charge in [0.15, 0.2) is 0 Å². The Hall–Kier alpha value is -4.07. The summed E-state index contributed by atoms with van der Waals surface area (Å²) in [5, 5.41) is 24.2. The zero-order valence-corrected chi connectivity index (χ0v) is 17.9. The molecule has 32 heavy (non-hydrogen) atoms. The summed E-state index contributed by atoms with van der Waals surface area (Å²) in [6, 6.07) is 17.5. The van der Waals surface area contributed by atoms with E-state index in [1.165, 1.54) is 0 Å². The molecule has 0 spiro atoms. The fourth-order valence-corrected chi connectivity index (χ4v) is 3.64. The number of aromatic carboxylic acids is 1. The summed E-state index contributed by atoms with van der Waals surface area (Å²) in [5.41, 5.74) is 5.04. The number of carbonyl (C=O) groups is 1. The largest absolute Gasteiger partial charge is 0.488 e. The minimum atomic E-state index is -1.04. The number of ether oxygens (including phenoxy) is 1. The highest BCUT2D eigenvalue weighted by atomic mass is 16.5. The molecule has 2 heterocycles. The lowest BCUT2D eigenvalue weighted by Crippen LogP contribution is -2.10. The Morgan fingerprint density at radius 2 is 1.91 bits per heavy atom. The van der Waals surface area contributed by atoms with E-state index in [2.05, 4.69) is 25.6 Å². The van der Waals surface area contributed by atoms with E-state index < -0.39 is 5.97 Å². The van der Waals surface area contributed by atoms with Gasteiger partial charge in [0.25, 0.3) is 0 Å². The van der Waals surface area contributed by atoms with E-state index in [0.717, 1.165) is 34.4 Å². The second-order valence-electron chi connectivity index (χ2n) is 7.41. The van der Waals surface area contributed by atoms with Gasteiger partial charge >= 0.3 is 5.97 Å². The van der Waals surface area contributed by atoms with Gasteiger partial charge in [-0.25, -0.2) is 4.79 Å². The van der Waals surface area contributed by atoms with E-state index in [9.17, 15) is 9.90 Å². The molecule has 4 aromatic rings. The molecule has 0 fully saturated rings. The number of tetrazole rings is 1. The van der Waals surface area contributed by atoms with Crippen molar-refractivity contribution in [3.63, 3.8) is 0 Å². The number of hydrogen-bond acceptors (Lipinski definition) is 6. The number of hydrogen-bond donors (Lipinski definition) is 2. The van der Waals surface area contributed by atoms with Gasteiger partial charge < -0.3 is 9.84 Å². The maximum Gasteiger partial charge on any atom is 0.341 e. The normalized spacial score (nSPS) is 10.8. The minimum Gasteiger partial charge on any atom is -0.488 e. The monoisotopic (exact) mass is 429 g/mol. The maximum absolute atomic E-state index is 11.9. The molecule has 0 unspecified atom stereocenters. The van der Waals surface area contributed by atoms with Crippen LogP contribution in [0.25, 0.3) is 22.5 Å². The summed E-state index contributed by atoms with van der Waals surface area (Å²) >= 11 is 0. The predicted octanol–water partition coefficient (Wildman–Crippen LogP) is 4.47. The lowest BCUT2D eigenvalue weighted by molar-refractivity contribution is 0.0689. The van der Waals surface area contributed by atoms with Crippen LogP contribution >= 0.6 is 0 Å². The highest BCUT2D eigenvalue weighted by Crippen LogP contribution is 2.31. The Morgan fingerprint density at radius 3 is 2.59 bits per heavy atom. The predicted molar refractivity (Wildman–Crippen MR) is 119 cm³/mol. The first-order valence-corrected chi connectivity index (χ1v) is 10.4. The van der Waals surface area contributed by atoms with E-state index in [1.54, 1.807) is 6.07 Å². The molecule has 0 saturated heterocycles. The van der Waals surface area contributed by atoms with Crippen molar-refractivity contribution in [1.29, 1.82) is 0 Å². The molecular weight excluding hydrogens is 406 g/mol. The molecule has 8 nitrogen and oxygen atoms in total. The first-order chi connectivity index (χ1) is 15.6. The summed E-state index contributed by atoms with van der Waals surface area (Å²) in [6.45, 7) is 4.01. The third-order valence-electron chi connectivity index (χ3n) is 5.04. The number of aromatic amines is 1. The van der Waals surface area contributed by atoms with E-state index in [0.29, 0.717) is 23.7 Å². The van der Waals surface area contributed by atoms with Gasteiger partial charge in [0, 0.05) is 17.3 Å².